The minimum absolute atomic E-state index is 0.0100. The van der Waals surface area contributed by atoms with Gasteiger partial charge in [0.15, 0.2) is 18.9 Å². The number of carbonyl (C=O) groups is 6. The summed E-state index contributed by atoms with van der Waals surface area (Å²) in [5, 5.41) is 102. The Balaban J connectivity index is 1.11. The molecule has 13 N–H and O–H groups in total. The number of carbonyl (C=O) groups excluding carboxylic acids is 6. The van der Waals surface area contributed by atoms with Crippen molar-refractivity contribution in [3.05, 3.63) is 22.3 Å². The lowest BCUT2D eigenvalue weighted by Crippen LogP contribution is -2.55. The van der Waals surface area contributed by atoms with Crippen LogP contribution in [0.3, 0.4) is 0 Å². The monoisotopic (exact) mass is 1630 g/mol. The van der Waals surface area contributed by atoms with Crippen LogP contribution in [0.15, 0.2) is 0 Å². The third kappa shape index (κ3) is 34.5. The summed E-state index contributed by atoms with van der Waals surface area (Å²) in [5.41, 5.74) is 3.64. The van der Waals surface area contributed by atoms with E-state index < -0.39 is 129 Å². The summed E-state index contributed by atoms with van der Waals surface area (Å²) in [7, 11) is 0. The van der Waals surface area contributed by atoms with Gasteiger partial charge in [-0.15, -0.1) is 0 Å². The maximum atomic E-state index is 14.8. The number of fused-ring (bicyclic) bond motifs is 1. The number of nitrogens with zero attached hydrogens (tertiary/aromatic N) is 1. The molecule has 0 aromatic heterocycles. The van der Waals surface area contributed by atoms with Crippen LogP contribution >= 0.6 is 0 Å². The highest BCUT2D eigenvalue weighted by Crippen LogP contribution is 2.45. The Hall–Kier alpha value is -4.84. The van der Waals surface area contributed by atoms with Crippen LogP contribution in [0.5, 0.6) is 11.5 Å². The van der Waals surface area contributed by atoms with Gasteiger partial charge < -0.3 is 119 Å². The van der Waals surface area contributed by atoms with Gasteiger partial charge in [0.05, 0.1) is 58.0 Å². The smallest absolute Gasteiger partial charge is 0.311 e. The molecule has 1 aromatic rings. The molecule has 114 heavy (non-hydrogen) atoms. The van der Waals surface area contributed by atoms with Crippen molar-refractivity contribution in [2.24, 2.45) is 35.5 Å². The van der Waals surface area contributed by atoms with Crippen molar-refractivity contribution in [1.82, 2.24) is 26.2 Å². The predicted octanol–water partition coefficient (Wildman–Crippen LogP) is 5.86. The van der Waals surface area contributed by atoms with Crippen LogP contribution in [-0.4, -0.2) is 271 Å². The number of amides is 5. The molecule has 658 valence electrons. The molecule has 3 fully saturated rings. The van der Waals surface area contributed by atoms with Gasteiger partial charge in [0.2, 0.25) is 29.5 Å². The van der Waals surface area contributed by atoms with Crippen molar-refractivity contribution < 1.29 is 122 Å². The van der Waals surface area contributed by atoms with Gasteiger partial charge in [-0.3, -0.25) is 28.8 Å². The Morgan fingerprint density at radius 2 is 0.921 bits per heavy atom. The summed E-state index contributed by atoms with van der Waals surface area (Å²) in [5.74, 6) is -0.133. The van der Waals surface area contributed by atoms with Gasteiger partial charge in [0, 0.05) is 115 Å². The molecule has 1 aromatic carbocycles. The number of unbranched alkanes of at least 4 members (excludes halogenated alkanes) is 4. The van der Waals surface area contributed by atoms with E-state index in [1.54, 1.807) is 20.8 Å². The van der Waals surface area contributed by atoms with Crippen LogP contribution < -0.4 is 30.7 Å². The maximum absolute atomic E-state index is 14.8. The molecule has 16 unspecified atom stereocenters. The van der Waals surface area contributed by atoms with E-state index in [1.807, 2.05) is 20.8 Å². The number of rotatable bonds is 57. The van der Waals surface area contributed by atoms with Crippen molar-refractivity contribution in [2.75, 3.05) is 98.8 Å². The largest absolute Gasteiger partial charge is 0.487 e. The molecule has 0 bridgehead atoms. The molecule has 0 aliphatic carbocycles. The fourth-order valence-corrected chi connectivity index (χ4v) is 15.1. The van der Waals surface area contributed by atoms with Crippen LogP contribution in [0.4, 0.5) is 0 Å². The topological polar surface area (TPSA) is 428 Å². The fraction of sp³-hybridized carbons (Fsp3) is 0.857. The first-order chi connectivity index (χ1) is 54.4. The average molecular weight is 1630 g/mol. The molecule has 30 heteroatoms. The van der Waals surface area contributed by atoms with E-state index in [0.29, 0.717) is 69.5 Å². The molecule has 3 saturated heterocycles. The third-order valence-corrected chi connectivity index (χ3v) is 23.0. The second-order valence-corrected chi connectivity index (χ2v) is 33.1. The molecule has 4 heterocycles. The van der Waals surface area contributed by atoms with Crippen molar-refractivity contribution in [3.8, 4) is 11.5 Å². The number of nitrogens with one attached hydrogen (secondary N) is 4. The Labute approximate surface area is 677 Å². The van der Waals surface area contributed by atoms with Crippen LogP contribution in [0, 0.1) is 56.3 Å². The summed E-state index contributed by atoms with van der Waals surface area (Å²) in [4.78, 5) is 82.7. The first-order valence-corrected chi connectivity index (χ1v) is 42.7. The molecule has 4 aliphatic rings. The lowest BCUT2D eigenvalue weighted by molar-refractivity contribution is -0.282. The highest BCUT2D eigenvalue weighted by Gasteiger charge is 2.45. The standard InChI is InChI=1S/C84H147N5O25/c1-53(2)24-20-25-54(3)26-21-27-55(4)28-22-36-84(11)37-34-62-58(7)78(56(5)57(6)79(62)114-84)113-71(97)33-23-43-105-48-49-106-47-35-70(96)88-63(29-12-16-38-85-67(93)30-13-17-44-107-81-59(8)72(98)75(101)64(50-90)110-81)80(104)89(41-39-86-68(94)31-14-18-45-108-82-60(9)73(99)76(102)65(51-91)111-82)42-40-87-69(95)32-15-19-46-109-83-61(10)74(100)77(103)66(52-92)112-83/h53-55,59-61,63-66,72-77,81-83,90-92,98-103H,12-52H2,1-11H3,(H,85,93)(H,86,94)(H,87,95)(H,88,96)/t54-,55-,59?,60?,61?,63?,64?,65?,66?,72?,73?,74?,75?,76?,77?,81?,82?,83?,84-/m1/s1. The van der Waals surface area contributed by atoms with Gasteiger partial charge >= 0.3 is 5.97 Å². The number of hydrogen-bond donors (Lipinski definition) is 13. The Bertz CT molecular complexity index is 2890. The minimum atomic E-state index is -1.27. The van der Waals surface area contributed by atoms with E-state index in [-0.39, 0.29) is 147 Å². The number of hydrogen-bond acceptors (Lipinski definition) is 25. The van der Waals surface area contributed by atoms with E-state index in [9.17, 15) is 74.7 Å². The third-order valence-electron chi connectivity index (χ3n) is 23.0. The Kier molecular flexibility index (Phi) is 46.9. The highest BCUT2D eigenvalue weighted by molar-refractivity contribution is 5.88. The lowest BCUT2D eigenvalue weighted by atomic mass is 9.83. The molecular weight excluding hydrogens is 1480 g/mol. The van der Waals surface area contributed by atoms with Crippen LogP contribution in [0.25, 0.3) is 0 Å². The van der Waals surface area contributed by atoms with Gasteiger partial charge in [-0.25, -0.2) is 0 Å². The van der Waals surface area contributed by atoms with E-state index in [1.165, 1.54) is 49.8 Å². The maximum Gasteiger partial charge on any atom is 0.311 e. The molecule has 0 saturated carbocycles. The summed E-state index contributed by atoms with van der Waals surface area (Å²) in [6.45, 7) is 22.5. The van der Waals surface area contributed by atoms with Gasteiger partial charge in [-0.2, -0.15) is 0 Å². The summed E-state index contributed by atoms with van der Waals surface area (Å²) in [6.07, 6.45) is 4.37. The fourth-order valence-electron chi connectivity index (χ4n) is 15.1. The normalized spacial score (nSPS) is 26.4. The second-order valence-electron chi connectivity index (χ2n) is 33.1. The SMILES string of the molecule is Cc1c(C)c2c(c(C)c1OC(=O)CCCOCCOCCC(=O)NC(CCCCNC(=O)CCCCOC1OC(CO)C(O)C(O)C1C)C(=O)N(CCNC(=O)CCCCOC1OC(CO)C(O)C(O)C1C)CCNC(=O)CCCCOC1OC(CO)C(O)C(O)C1C)CC[C@@](C)(CCC[C@H](C)CCC[C@H](C)CCCC(C)C)O2. The van der Waals surface area contributed by atoms with Crippen molar-refractivity contribution in [3.63, 3.8) is 0 Å². The van der Waals surface area contributed by atoms with Gasteiger partial charge in [0.25, 0.3) is 0 Å². The number of benzene rings is 1. The molecule has 5 rings (SSSR count). The quantitative estimate of drug-likeness (QED) is 0.0206. The van der Waals surface area contributed by atoms with E-state index in [2.05, 4.69) is 55.9 Å². The van der Waals surface area contributed by atoms with Crippen LogP contribution in [0.1, 0.15) is 238 Å². The Morgan fingerprint density at radius 3 is 1.39 bits per heavy atom. The average Bonchev–Trinajstić information content (AvgIpc) is 0.759. The van der Waals surface area contributed by atoms with Crippen molar-refractivity contribution in [1.29, 1.82) is 0 Å². The number of esters is 1. The van der Waals surface area contributed by atoms with E-state index >= 15 is 0 Å². The summed E-state index contributed by atoms with van der Waals surface area (Å²) < 4.78 is 58.9. The zero-order chi connectivity index (χ0) is 83.9. The highest BCUT2D eigenvalue weighted by atomic mass is 16.7. The number of aliphatic hydroxyl groups is 9. The summed E-state index contributed by atoms with van der Waals surface area (Å²) in [6, 6.07) is -1.08. The Morgan fingerprint density at radius 1 is 0.474 bits per heavy atom. The molecule has 4 aliphatic heterocycles. The number of aliphatic hydroxyl groups excluding tert-OH is 9. The number of ether oxygens (including phenoxy) is 10. The zero-order valence-electron chi connectivity index (χ0n) is 70.5. The minimum Gasteiger partial charge on any atom is -0.487 e. The van der Waals surface area contributed by atoms with Gasteiger partial charge in [-0.1, -0.05) is 93.4 Å². The molecular formula is C84H147N5O25. The van der Waals surface area contributed by atoms with E-state index in [4.69, 9.17) is 47.4 Å². The zero-order valence-corrected chi connectivity index (χ0v) is 70.5. The molecule has 5 amide bonds. The molecule has 0 spiro atoms. The van der Waals surface area contributed by atoms with Crippen molar-refractivity contribution in [2.45, 2.75) is 329 Å². The lowest BCUT2D eigenvalue weighted by Gasteiger charge is -2.40. The first kappa shape index (κ1) is 99.7. The molecule has 30 nitrogen and oxygen atoms in total. The second kappa shape index (κ2) is 53.6. The predicted molar refractivity (Wildman–Crippen MR) is 425 cm³/mol. The van der Waals surface area contributed by atoms with Gasteiger partial charge in [-0.05, 0) is 152 Å². The van der Waals surface area contributed by atoms with Crippen molar-refractivity contribution >= 4 is 35.5 Å². The van der Waals surface area contributed by atoms with Crippen LogP contribution in [-0.2, 0) is 73.1 Å². The summed E-state index contributed by atoms with van der Waals surface area (Å²) >= 11 is 0. The van der Waals surface area contributed by atoms with Gasteiger partial charge in [0.1, 0.15) is 59.8 Å². The first-order valence-electron chi connectivity index (χ1n) is 42.7. The van der Waals surface area contributed by atoms with E-state index in [0.717, 1.165) is 65.5 Å². The molecule has 19 atom stereocenters. The molecule has 0 radical (unpaired) electrons. The van der Waals surface area contributed by atoms with Crippen LogP contribution in [0.2, 0.25) is 0 Å².